The van der Waals surface area contributed by atoms with E-state index in [1.165, 1.54) is 0 Å². The Hall–Kier alpha value is -1.24. The lowest BCUT2D eigenvalue weighted by atomic mass is 9.46. The van der Waals surface area contributed by atoms with Crippen LogP contribution in [-0.4, -0.2) is 24.2 Å². The fourth-order valence-corrected chi connectivity index (χ4v) is 3.90. The number of fused-ring (bicyclic) bond motifs is 1. The molecule has 3 N–H and O–H groups in total. The number of benzene rings is 1. The van der Waals surface area contributed by atoms with Crippen molar-refractivity contribution in [3.63, 3.8) is 0 Å². The molecule has 3 unspecified atom stereocenters. The molecule has 7 heteroatoms. The summed E-state index contributed by atoms with van der Waals surface area (Å²) < 4.78 is 32.2. The summed E-state index contributed by atoms with van der Waals surface area (Å²) in [6, 6.07) is 2.90. The van der Waals surface area contributed by atoms with E-state index in [1.807, 2.05) is 13.8 Å². The predicted molar refractivity (Wildman–Crippen MR) is 85.4 cm³/mol. The molecule has 2 fully saturated rings. The van der Waals surface area contributed by atoms with Gasteiger partial charge in [-0.25, -0.2) is 8.78 Å². The first kappa shape index (κ1) is 18.1. The number of nitrogens with two attached hydrogens (primary N) is 1. The SMILES string of the molecule is CC1(C)C2OCCCC2C1(N)C(=O)Nc1cc(F)cc(F)c1.Cl. The van der Waals surface area contributed by atoms with Crippen LogP contribution < -0.4 is 11.1 Å². The number of amides is 1. The Balaban J connectivity index is 0.00000192. The molecule has 0 aromatic heterocycles. The summed E-state index contributed by atoms with van der Waals surface area (Å²) in [5.74, 6) is -1.98. The van der Waals surface area contributed by atoms with Crippen LogP contribution >= 0.6 is 12.4 Å². The number of hydrogen-bond donors (Lipinski definition) is 2. The van der Waals surface area contributed by atoms with E-state index < -0.39 is 28.5 Å². The zero-order chi connectivity index (χ0) is 16.1. The van der Waals surface area contributed by atoms with E-state index in [9.17, 15) is 13.6 Å². The molecule has 1 aromatic carbocycles. The number of nitrogens with one attached hydrogen (secondary N) is 1. The Morgan fingerprint density at radius 2 is 1.91 bits per heavy atom. The standard InChI is InChI=1S/C16H20F2N2O2.ClH/c1-15(2)13-12(4-3-5-22-13)16(15,19)14(21)20-11-7-9(17)6-10(18)8-11;/h6-8,12-13H,3-5,19H2,1-2H3,(H,20,21);1H. The van der Waals surface area contributed by atoms with Crippen molar-refractivity contribution in [3.8, 4) is 0 Å². The van der Waals surface area contributed by atoms with Gasteiger partial charge in [0.2, 0.25) is 5.91 Å². The quantitative estimate of drug-likeness (QED) is 0.865. The molecule has 128 valence electrons. The number of hydrogen-bond acceptors (Lipinski definition) is 3. The van der Waals surface area contributed by atoms with Crippen molar-refractivity contribution in [1.29, 1.82) is 0 Å². The highest BCUT2D eigenvalue weighted by Crippen LogP contribution is 2.57. The molecule has 1 saturated carbocycles. The molecule has 3 atom stereocenters. The van der Waals surface area contributed by atoms with Gasteiger partial charge in [-0.2, -0.15) is 0 Å². The Morgan fingerprint density at radius 1 is 1.30 bits per heavy atom. The van der Waals surface area contributed by atoms with Crippen LogP contribution in [0.2, 0.25) is 0 Å². The van der Waals surface area contributed by atoms with E-state index in [0.29, 0.717) is 6.61 Å². The average molecular weight is 347 g/mol. The van der Waals surface area contributed by atoms with Crippen LogP contribution in [0, 0.1) is 23.0 Å². The minimum absolute atomic E-state index is 0. The summed E-state index contributed by atoms with van der Waals surface area (Å²) in [5, 5.41) is 2.56. The molecule has 0 radical (unpaired) electrons. The highest BCUT2D eigenvalue weighted by molar-refractivity contribution is 6.00. The van der Waals surface area contributed by atoms with Gasteiger partial charge in [-0.05, 0) is 25.0 Å². The second-order valence-corrected chi connectivity index (χ2v) is 6.74. The largest absolute Gasteiger partial charge is 0.377 e. The van der Waals surface area contributed by atoms with Gasteiger partial charge in [-0.3, -0.25) is 4.79 Å². The fourth-order valence-electron chi connectivity index (χ4n) is 3.90. The van der Waals surface area contributed by atoms with Crippen LogP contribution in [0.25, 0.3) is 0 Å². The van der Waals surface area contributed by atoms with Gasteiger partial charge in [0.15, 0.2) is 0 Å². The topological polar surface area (TPSA) is 64.3 Å². The van der Waals surface area contributed by atoms with Gasteiger partial charge in [0.05, 0.1) is 6.10 Å². The lowest BCUT2D eigenvalue weighted by Crippen LogP contribution is -2.81. The average Bonchev–Trinajstić information content (AvgIpc) is 2.45. The van der Waals surface area contributed by atoms with Gasteiger partial charge < -0.3 is 15.8 Å². The first-order valence-electron chi connectivity index (χ1n) is 7.45. The zero-order valence-electron chi connectivity index (χ0n) is 13.1. The van der Waals surface area contributed by atoms with Gasteiger partial charge in [-0.1, -0.05) is 13.8 Å². The monoisotopic (exact) mass is 346 g/mol. The third kappa shape index (κ3) is 2.62. The number of carbonyl (C=O) groups is 1. The van der Waals surface area contributed by atoms with E-state index in [0.717, 1.165) is 31.0 Å². The van der Waals surface area contributed by atoms with E-state index in [1.54, 1.807) is 0 Å². The van der Waals surface area contributed by atoms with Gasteiger partial charge in [0.1, 0.15) is 17.2 Å². The molecule has 23 heavy (non-hydrogen) atoms. The Morgan fingerprint density at radius 3 is 2.52 bits per heavy atom. The maximum Gasteiger partial charge on any atom is 0.245 e. The van der Waals surface area contributed by atoms with Gasteiger partial charge >= 0.3 is 0 Å². The van der Waals surface area contributed by atoms with Crippen LogP contribution in [0.4, 0.5) is 14.5 Å². The molecule has 0 bridgehead atoms. The number of rotatable bonds is 2. The van der Waals surface area contributed by atoms with E-state index >= 15 is 0 Å². The molecule has 1 amide bonds. The van der Waals surface area contributed by atoms with Crippen molar-refractivity contribution in [1.82, 2.24) is 0 Å². The third-order valence-corrected chi connectivity index (χ3v) is 5.18. The van der Waals surface area contributed by atoms with Gasteiger partial charge in [0.25, 0.3) is 0 Å². The maximum atomic E-state index is 13.2. The summed E-state index contributed by atoms with van der Waals surface area (Å²) in [4.78, 5) is 12.7. The molecule has 3 rings (SSSR count). The van der Waals surface area contributed by atoms with Crippen LogP contribution in [0.3, 0.4) is 0 Å². The van der Waals surface area contributed by atoms with Crippen LogP contribution in [0.5, 0.6) is 0 Å². The van der Waals surface area contributed by atoms with Crippen molar-refractivity contribution in [2.24, 2.45) is 17.1 Å². The molecule has 1 aliphatic carbocycles. The summed E-state index contributed by atoms with van der Waals surface area (Å²) in [6.07, 6.45) is 1.62. The molecule has 1 saturated heterocycles. The molecule has 2 aliphatic rings. The van der Waals surface area contributed by atoms with Crippen LogP contribution in [-0.2, 0) is 9.53 Å². The van der Waals surface area contributed by atoms with E-state index in [2.05, 4.69) is 5.32 Å². The number of halogens is 3. The van der Waals surface area contributed by atoms with Gasteiger partial charge in [-0.15, -0.1) is 12.4 Å². The minimum atomic E-state index is -1.11. The van der Waals surface area contributed by atoms with Crippen molar-refractivity contribution >= 4 is 24.0 Å². The molecule has 1 aromatic rings. The predicted octanol–water partition coefficient (Wildman–Crippen LogP) is 2.86. The number of ether oxygens (including phenoxy) is 1. The summed E-state index contributed by atoms with van der Waals surface area (Å²) in [5.41, 5.74) is 4.85. The Labute approximate surface area is 140 Å². The third-order valence-electron chi connectivity index (χ3n) is 5.18. The first-order valence-corrected chi connectivity index (χ1v) is 7.45. The van der Waals surface area contributed by atoms with Crippen molar-refractivity contribution < 1.29 is 18.3 Å². The van der Waals surface area contributed by atoms with Crippen molar-refractivity contribution in [2.45, 2.75) is 38.3 Å². The highest BCUT2D eigenvalue weighted by atomic mass is 35.5. The second-order valence-electron chi connectivity index (χ2n) is 6.74. The lowest BCUT2D eigenvalue weighted by Gasteiger charge is -2.65. The van der Waals surface area contributed by atoms with E-state index in [4.69, 9.17) is 10.5 Å². The molecular formula is C16H21ClF2N2O2. The Kier molecular flexibility index (Phi) is 4.72. The summed E-state index contributed by atoms with van der Waals surface area (Å²) in [6.45, 7) is 4.47. The van der Waals surface area contributed by atoms with Gasteiger partial charge in [0, 0.05) is 29.7 Å². The second kappa shape index (κ2) is 6.00. The molecule has 1 aliphatic heterocycles. The highest BCUT2D eigenvalue weighted by Gasteiger charge is 2.70. The fraction of sp³-hybridized carbons (Fsp3) is 0.562. The Bertz CT molecular complexity index is 606. The van der Waals surface area contributed by atoms with E-state index in [-0.39, 0.29) is 30.1 Å². The van der Waals surface area contributed by atoms with Crippen molar-refractivity contribution in [2.75, 3.05) is 11.9 Å². The first-order chi connectivity index (χ1) is 10.3. The van der Waals surface area contributed by atoms with Crippen LogP contribution in [0.1, 0.15) is 26.7 Å². The molecule has 4 nitrogen and oxygen atoms in total. The lowest BCUT2D eigenvalue weighted by molar-refractivity contribution is -0.222. The number of carbonyl (C=O) groups excluding carboxylic acids is 1. The summed E-state index contributed by atoms with van der Waals surface area (Å²) >= 11 is 0. The smallest absolute Gasteiger partial charge is 0.245 e. The van der Waals surface area contributed by atoms with Crippen LogP contribution in [0.15, 0.2) is 18.2 Å². The maximum absolute atomic E-state index is 13.2. The van der Waals surface area contributed by atoms with Crippen molar-refractivity contribution in [3.05, 3.63) is 29.8 Å². The molecule has 0 spiro atoms. The molecular weight excluding hydrogens is 326 g/mol. The normalized spacial score (nSPS) is 31.3. The summed E-state index contributed by atoms with van der Waals surface area (Å²) in [7, 11) is 0. The number of anilines is 1. The minimum Gasteiger partial charge on any atom is -0.377 e. The zero-order valence-corrected chi connectivity index (χ0v) is 13.9. The molecule has 1 heterocycles.